The molecule has 0 saturated carbocycles. The van der Waals surface area contributed by atoms with Crippen LogP contribution in [0.25, 0.3) is 0 Å². The number of nitrogens with one attached hydrogen (secondary N) is 1. The van der Waals surface area contributed by atoms with Crippen LogP contribution in [0.4, 0.5) is 4.39 Å². The molecular weight excluding hydrogens is 331 g/mol. The molecule has 0 aromatic heterocycles. The Kier molecular flexibility index (Phi) is 6.20. The summed E-state index contributed by atoms with van der Waals surface area (Å²) in [7, 11) is 0. The highest BCUT2D eigenvalue weighted by Crippen LogP contribution is 2.24. The van der Waals surface area contributed by atoms with E-state index in [1.165, 1.54) is 12.5 Å². The van der Waals surface area contributed by atoms with Crippen LogP contribution in [0.5, 0.6) is 0 Å². The first-order valence-electron chi connectivity index (χ1n) is 7.93. The van der Waals surface area contributed by atoms with Crippen molar-refractivity contribution < 1.29 is 4.39 Å². The maximum atomic E-state index is 13.7. The summed E-state index contributed by atoms with van der Waals surface area (Å²) in [5, 5.41) is 3.68. The van der Waals surface area contributed by atoms with Gasteiger partial charge in [-0.3, -0.25) is 4.90 Å². The van der Waals surface area contributed by atoms with E-state index in [-0.39, 0.29) is 5.82 Å². The third kappa shape index (κ3) is 4.27. The monoisotopic (exact) mass is 356 g/mol. The minimum atomic E-state index is -0.174. The first-order chi connectivity index (χ1) is 10.0. The van der Waals surface area contributed by atoms with E-state index in [0.29, 0.717) is 22.5 Å². The highest BCUT2D eigenvalue weighted by Gasteiger charge is 2.26. The summed E-state index contributed by atoms with van der Waals surface area (Å²) in [6.07, 6.45) is 2.32. The number of hydrogen-bond acceptors (Lipinski definition) is 2. The Morgan fingerprint density at radius 2 is 2.24 bits per heavy atom. The molecule has 3 unspecified atom stereocenters. The molecule has 1 aromatic rings. The maximum absolute atomic E-state index is 13.7. The zero-order valence-electron chi connectivity index (χ0n) is 13.2. The van der Waals surface area contributed by atoms with E-state index in [4.69, 9.17) is 0 Å². The summed E-state index contributed by atoms with van der Waals surface area (Å²) in [5.74, 6) is 0.486. The van der Waals surface area contributed by atoms with Crippen LogP contribution in [0.15, 0.2) is 22.7 Å². The Morgan fingerprint density at radius 3 is 2.95 bits per heavy atom. The predicted octanol–water partition coefficient (Wildman–Crippen LogP) is 4.19. The molecule has 1 aliphatic rings. The van der Waals surface area contributed by atoms with Gasteiger partial charge in [0.05, 0.1) is 4.47 Å². The van der Waals surface area contributed by atoms with Gasteiger partial charge in [0.1, 0.15) is 5.82 Å². The van der Waals surface area contributed by atoms with Gasteiger partial charge in [-0.15, -0.1) is 0 Å². The van der Waals surface area contributed by atoms with Gasteiger partial charge in [0.2, 0.25) is 0 Å². The zero-order valence-corrected chi connectivity index (χ0v) is 14.8. The standard InChI is InChI=1S/C17H26BrFN2/c1-4-12(2)16-11-21(13(3)8-9-20-16)10-14-6-5-7-15(19)17(14)18/h5-7,12-13,16,20H,4,8-11H2,1-3H3. The third-order valence-electron chi connectivity index (χ3n) is 4.76. The Bertz CT molecular complexity index is 466. The molecule has 118 valence electrons. The molecule has 2 nitrogen and oxygen atoms in total. The van der Waals surface area contributed by atoms with E-state index in [1.807, 2.05) is 6.07 Å². The van der Waals surface area contributed by atoms with E-state index in [0.717, 1.165) is 31.6 Å². The van der Waals surface area contributed by atoms with Crippen molar-refractivity contribution in [3.63, 3.8) is 0 Å². The van der Waals surface area contributed by atoms with Crippen LogP contribution < -0.4 is 5.32 Å². The minimum Gasteiger partial charge on any atom is -0.312 e. The second-order valence-electron chi connectivity index (χ2n) is 6.23. The summed E-state index contributed by atoms with van der Waals surface area (Å²) in [6, 6.07) is 6.34. The van der Waals surface area contributed by atoms with E-state index >= 15 is 0 Å². The van der Waals surface area contributed by atoms with Gasteiger partial charge in [-0.25, -0.2) is 4.39 Å². The summed E-state index contributed by atoms with van der Waals surface area (Å²) < 4.78 is 14.3. The van der Waals surface area contributed by atoms with Gasteiger partial charge in [0.25, 0.3) is 0 Å². The van der Waals surface area contributed by atoms with Crippen molar-refractivity contribution in [1.29, 1.82) is 0 Å². The first-order valence-corrected chi connectivity index (χ1v) is 8.72. The Morgan fingerprint density at radius 1 is 1.48 bits per heavy atom. The fraction of sp³-hybridized carbons (Fsp3) is 0.647. The lowest BCUT2D eigenvalue weighted by Gasteiger charge is -2.31. The molecule has 1 fully saturated rings. The molecule has 1 aromatic carbocycles. The highest BCUT2D eigenvalue weighted by molar-refractivity contribution is 9.10. The fourth-order valence-electron chi connectivity index (χ4n) is 2.93. The van der Waals surface area contributed by atoms with Crippen LogP contribution in [0.3, 0.4) is 0 Å². The van der Waals surface area contributed by atoms with Crippen molar-refractivity contribution in [2.75, 3.05) is 13.1 Å². The van der Waals surface area contributed by atoms with Crippen LogP contribution in [-0.2, 0) is 6.54 Å². The lowest BCUT2D eigenvalue weighted by Crippen LogP contribution is -2.43. The van der Waals surface area contributed by atoms with E-state index in [9.17, 15) is 4.39 Å². The predicted molar refractivity (Wildman–Crippen MR) is 89.8 cm³/mol. The van der Waals surface area contributed by atoms with Crippen molar-refractivity contribution in [3.05, 3.63) is 34.1 Å². The number of hydrogen-bond donors (Lipinski definition) is 1. The van der Waals surface area contributed by atoms with Gasteiger partial charge in [-0.2, -0.15) is 0 Å². The Labute approximate surface area is 136 Å². The number of rotatable bonds is 4. The molecule has 2 rings (SSSR count). The fourth-order valence-corrected chi connectivity index (χ4v) is 3.32. The second-order valence-corrected chi connectivity index (χ2v) is 7.02. The zero-order chi connectivity index (χ0) is 15.4. The van der Waals surface area contributed by atoms with Gasteiger partial charge in [-0.05, 0) is 53.4 Å². The van der Waals surface area contributed by atoms with Gasteiger partial charge in [0.15, 0.2) is 0 Å². The van der Waals surface area contributed by atoms with Crippen LogP contribution in [0, 0.1) is 11.7 Å². The molecule has 4 heteroatoms. The molecule has 3 atom stereocenters. The molecule has 1 saturated heterocycles. The molecular formula is C17H26BrFN2. The van der Waals surface area contributed by atoms with E-state index in [1.54, 1.807) is 6.07 Å². The van der Waals surface area contributed by atoms with Crippen LogP contribution in [0.1, 0.15) is 39.2 Å². The quantitative estimate of drug-likeness (QED) is 0.869. The van der Waals surface area contributed by atoms with Crippen LogP contribution >= 0.6 is 15.9 Å². The van der Waals surface area contributed by atoms with Gasteiger partial charge in [0, 0.05) is 25.2 Å². The smallest absolute Gasteiger partial charge is 0.137 e. The van der Waals surface area contributed by atoms with Crippen molar-refractivity contribution in [2.24, 2.45) is 5.92 Å². The van der Waals surface area contributed by atoms with Crippen LogP contribution in [0.2, 0.25) is 0 Å². The van der Waals surface area contributed by atoms with E-state index < -0.39 is 0 Å². The molecule has 0 aliphatic carbocycles. The summed E-state index contributed by atoms with van der Waals surface area (Å²) in [6.45, 7) is 9.72. The van der Waals surface area contributed by atoms with Gasteiger partial charge < -0.3 is 5.32 Å². The topological polar surface area (TPSA) is 15.3 Å². The van der Waals surface area contributed by atoms with Crippen molar-refractivity contribution >= 4 is 15.9 Å². The van der Waals surface area contributed by atoms with Crippen molar-refractivity contribution in [2.45, 2.75) is 52.2 Å². The van der Waals surface area contributed by atoms with Gasteiger partial charge >= 0.3 is 0 Å². The SMILES string of the molecule is CCC(C)C1CN(Cc2cccc(F)c2Br)C(C)CCN1. The van der Waals surface area contributed by atoms with E-state index in [2.05, 4.69) is 46.9 Å². The maximum Gasteiger partial charge on any atom is 0.137 e. The molecule has 0 spiro atoms. The third-order valence-corrected chi connectivity index (χ3v) is 5.65. The second kappa shape index (κ2) is 7.70. The number of benzene rings is 1. The van der Waals surface area contributed by atoms with Crippen LogP contribution in [-0.4, -0.2) is 30.1 Å². The summed E-state index contributed by atoms with van der Waals surface area (Å²) in [5.41, 5.74) is 1.03. The molecule has 0 radical (unpaired) electrons. The normalized spacial score (nSPS) is 25.6. The average Bonchev–Trinajstić information content (AvgIpc) is 2.65. The summed E-state index contributed by atoms with van der Waals surface area (Å²) >= 11 is 3.39. The largest absolute Gasteiger partial charge is 0.312 e. The Balaban J connectivity index is 2.13. The Hall–Kier alpha value is -0.450. The average molecular weight is 357 g/mol. The molecule has 1 heterocycles. The summed E-state index contributed by atoms with van der Waals surface area (Å²) in [4.78, 5) is 2.48. The molecule has 0 bridgehead atoms. The lowest BCUT2D eigenvalue weighted by atomic mass is 9.98. The molecule has 21 heavy (non-hydrogen) atoms. The van der Waals surface area contributed by atoms with Gasteiger partial charge in [-0.1, -0.05) is 32.4 Å². The highest BCUT2D eigenvalue weighted by atomic mass is 79.9. The van der Waals surface area contributed by atoms with Crippen molar-refractivity contribution in [3.8, 4) is 0 Å². The minimum absolute atomic E-state index is 0.174. The molecule has 0 amide bonds. The number of nitrogens with zero attached hydrogens (tertiary/aromatic N) is 1. The van der Waals surface area contributed by atoms with Crippen molar-refractivity contribution in [1.82, 2.24) is 10.2 Å². The molecule has 1 aliphatic heterocycles. The number of halogens is 2. The first kappa shape index (κ1) is 16.9. The lowest BCUT2D eigenvalue weighted by molar-refractivity contribution is 0.180. The molecule has 1 N–H and O–H groups in total.